The number of hydrogen-bond donors (Lipinski definition) is 1. The van der Waals surface area contributed by atoms with E-state index in [4.69, 9.17) is 0 Å². The molecule has 1 unspecified atom stereocenters. The van der Waals surface area contributed by atoms with E-state index in [1.807, 2.05) is 4.68 Å². The van der Waals surface area contributed by atoms with Gasteiger partial charge in [0.05, 0.1) is 5.69 Å². The Bertz CT molecular complexity index is 455. The van der Waals surface area contributed by atoms with E-state index in [2.05, 4.69) is 36.2 Å². The van der Waals surface area contributed by atoms with E-state index in [-0.39, 0.29) is 0 Å². The Morgan fingerprint density at radius 3 is 2.65 bits per heavy atom. The lowest BCUT2D eigenvalue weighted by Gasteiger charge is -2.30. The van der Waals surface area contributed by atoms with Crippen LogP contribution in [0, 0.1) is 19.8 Å². The number of hydrogen-bond acceptors (Lipinski definition) is 3. The minimum Gasteiger partial charge on any atom is -0.316 e. The van der Waals surface area contributed by atoms with Gasteiger partial charge in [-0.1, -0.05) is 0 Å². The van der Waals surface area contributed by atoms with E-state index in [0.29, 0.717) is 0 Å². The number of piperidine rings is 1. The first-order valence-electron chi connectivity index (χ1n) is 8.09. The van der Waals surface area contributed by atoms with Gasteiger partial charge in [-0.3, -0.25) is 9.58 Å². The molecule has 1 aliphatic heterocycles. The van der Waals surface area contributed by atoms with Crippen LogP contribution < -0.4 is 5.32 Å². The van der Waals surface area contributed by atoms with Crippen LogP contribution in [0.4, 0.5) is 0 Å². The average Bonchev–Trinajstić information content (AvgIpc) is 3.24. The molecule has 0 aromatic carbocycles. The molecule has 1 aromatic heterocycles. The highest BCUT2D eigenvalue weighted by Gasteiger charge is 2.31. The SMILES string of the molecule is Cc1nn(C)c(C)c1CN(CC1CCCNC1)C1CC1. The number of nitrogens with one attached hydrogen (secondary N) is 1. The molecule has 2 heterocycles. The van der Waals surface area contributed by atoms with Gasteiger partial charge < -0.3 is 5.32 Å². The van der Waals surface area contributed by atoms with Crippen molar-refractivity contribution in [3.63, 3.8) is 0 Å². The third-order valence-corrected chi connectivity index (χ3v) is 4.98. The monoisotopic (exact) mass is 276 g/mol. The third kappa shape index (κ3) is 3.07. The van der Waals surface area contributed by atoms with Crippen molar-refractivity contribution in [3.05, 3.63) is 17.0 Å². The van der Waals surface area contributed by atoms with Crippen LogP contribution in [0.5, 0.6) is 0 Å². The van der Waals surface area contributed by atoms with Gasteiger partial charge in [-0.25, -0.2) is 0 Å². The fourth-order valence-corrected chi connectivity index (χ4v) is 3.44. The Morgan fingerprint density at radius 2 is 2.10 bits per heavy atom. The zero-order valence-electron chi connectivity index (χ0n) is 13.2. The first-order chi connectivity index (χ1) is 9.65. The highest BCUT2D eigenvalue weighted by molar-refractivity contribution is 5.24. The maximum absolute atomic E-state index is 4.57. The molecule has 2 fully saturated rings. The van der Waals surface area contributed by atoms with Gasteiger partial charge in [-0.2, -0.15) is 5.10 Å². The Hall–Kier alpha value is -0.870. The predicted molar refractivity (Wildman–Crippen MR) is 81.7 cm³/mol. The second-order valence-electron chi connectivity index (χ2n) is 6.65. The minimum absolute atomic E-state index is 0.830. The highest BCUT2D eigenvalue weighted by atomic mass is 15.3. The molecule has 1 saturated heterocycles. The molecule has 4 heteroatoms. The van der Waals surface area contributed by atoms with Crippen molar-refractivity contribution in [3.8, 4) is 0 Å². The zero-order valence-corrected chi connectivity index (χ0v) is 13.2. The molecule has 0 amide bonds. The third-order valence-electron chi connectivity index (χ3n) is 4.98. The number of nitrogens with zero attached hydrogens (tertiary/aromatic N) is 3. The van der Waals surface area contributed by atoms with Crippen molar-refractivity contribution >= 4 is 0 Å². The van der Waals surface area contributed by atoms with Crippen LogP contribution in [0.25, 0.3) is 0 Å². The van der Waals surface area contributed by atoms with E-state index in [0.717, 1.165) is 18.5 Å². The van der Waals surface area contributed by atoms with E-state index in [1.165, 1.54) is 62.3 Å². The number of aryl methyl sites for hydroxylation is 2. The molecule has 20 heavy (non-hydrogen) atoms. The Morgan fingerprint density at radius 1 is 1.30 bits per heavy atom. The summed E-state index contributed by atoms with van der Waals surface area (Å²) < 4.78 is 2.03. The van der Waals surface area contributed by atoms with Crippen LogP contribution >= 0.6 is 0 Å². The van der Waals surface area contributed by atoms with Gasteiger partial charge in [0.1, 0.15) is 0 Å². The molecule has 1 aliphatic carbocycles. The van der Waals surface area contributed by atoms with E-state index in [1.54, 1.807) is 0 Å². The van der Waals surface area contributed by atoms with E-state index < -0.39 is 0 Å². The van der Waals surface area contributed by atoms with Gasteiger partial charge in [0, 0.05) is 37.4 Å². The van der Waals surface area contributed by atoms with Crippen molar-refractivity contribution < 1.29 is 0 Å². The second kappa shape index (κ2) is 5.86. The minimum atomic E-state index is 0.830. The van der Waals surface area contributed by atoms with Gasteiger partial charge >= 0.3 is 0 Å². The Kier molecular flexibility index (Phi) is 4.13. The van der Waals surface area contributed by atoms with Crippen LogP contribution in [-0.4, -0.2) is 40.4 Å². The Balaban J connectivity index is 1.67. The molecule has 0 spiro atoms. The van der Waals surface area contributed by atoms with Crippen molar-refractivity contribution in [2.45, 2.75) is 52.1 Å². The standard InChI is InChI=1S/C16H28N4/c1-12-16(13(2)19(3)18-12)11-20(15-6-7-15)10-14-5-4-8-17-9-14/h14-15,17H,4-11H2,1-3H3. The summed E-state index contributed by atoms with van der Waals surface area (Å²) in [7, 11) is 2.05. The number of aromatic nitrogens is 2. The normalized spacial score (nSPS) is 23.5. The zero-order chi connectivity index (χ0) is 14.1. The maximum atomic E-state index is 4.57. The van der Waals surface area contributed by atoms with Crippen LogP contribution in [0.3, 0.4) is 0 Å². The fourth-order valence-electron chi connectivity index (χ4n) is 3.44. The molecule has 112 valence electrons. The smallest absolute Gasteiger partial charge is 0.0641 e. The Labute approximate surface area is 122 Å². The van der Waals surface area contributed by atoms with Crippen LogP contribution in [0.2, 0.25) is 0 Å². The van der Waals surface area contributed by atoms with E-state index >= 15 is 0 Å². The summed E-state index contributed by atoms with van der Waals surface area (Å²) >= 11 is 0. The summed E-state index contributed by atoms with van der Waals surface area (Å²) in [6, 6.07) is 0.830. The van der Waals surface area contributed by atoms with Crippen LogP contribution in [0.1, 0.15) is 42.6 Å². The molecule has 4 nitrogen and oxygen atoms in total. The largest absolute Gasteiger partial charge is 0.316 e. The topological polar surface area (TPSA) is 33.1 Å². The van der Waals surface area contributed by atoms with Crippen LogP contribution in [-0.2, 0) is 13.6 Å². The van der Waals surface area contributed by atoms with Crippen molar-refractivity contribution in [1.29, 1.82) is 0 Å². The van der Waals surface area contributed by atoms with Gasteiger partial charge in [0.2, 0.25) is 0 Å². The van der Waals surface area contributed by atoms with Crippen LogP contribution in [0.15, 0.2) is 0 Å². The summed E-state index contributed by atoms with van der Waals surface area (Å²) in [5.74, 6) is 0.835. The predicted octanol–water partition coefficient (Wildman–Crippen LogP) is 2.00. The molecule has 1 aromatic rings. The van der Waals surface area contributed by atoms with Gasteiger partial charge in [-0.15, -0.1) is 0 Å². The van der Waals surface area contributed by atoms with Gasteiger partial charge in [0.15, 0.2) is 0 Å². The molecule has 1 atom stereocenters. The van der Waals surface area contributed by atoms with Gasteiger partial charge in [-0.05, 0) is 58.5 Å². The summed E-state index contributed by atoms with van der Waals surface area (Å²) in [4.78, 5) is 2.72. The maximum Gasteiger partial charge on any atom is 0.0641 e. The molecule has 1 N–H and O–H groups in total. The molecule has 1 saturated carbocycles. The van der Waals surface area contributed by atoms with Crippen molar-refractivity contribution in [2.24, 2.45) is 13.0 Å². The summed E-state index contributed by atoms with van der Waals surface area (Å²) in [5.41, 5.74) is 3.98. The summed E-state index contributed by atoms with van der Waals surface area (Å²) in [6.45, 7) is 9.10. The lowest BCUT2D eigenvalue weighted by atomic mass is 9.98. The molecule has 0 radical (unpaired) electrons. The quantitative estimate of drug-likeness (QED) is 0.893. The lowest BCUT2D eigenvalue weighted by molar-refractivity contribution is 0.192. The molecule has 3 rings (SSSR count). The average molecular weight is 276 g/mol. The van der Waals surface area contributed by atoms with Crippen molar-refractivity contribution in [1.82, 2.24) is 20.0 Å². The highest BCUT2D eigenvalue weighted by Crippen LogP contribution is 2.31. The molecular weight excluding hydrogens is 248 g/mol. The molecule has 0 bridgehead atoms. The lowest BCUT2D eigenvalue weighted by Crippen LogP contribution is -2.39. The summed E-state index contributed by atoms with van der Waals surface area (Å²) in [6.07, 6.45) is 5.51. The van der Waals surface area contributed by atoms with Gasteiger partial charge in [0.25, 0.3) is 0 Å². The number of rotatable bonds is 5. The summed E-state index contributed by atoms with van der Waals surface area (Å²) in [5, 5.41) is 8.12. The first-order valence-corrected chi connectivity index (χ1v) is 8.09. The first kappa shape index (κ1) is 14.1. The molecular formula is C16H28N4. The van der Waals surface area contributed by atoms with Crippen molar-refractivity contribution in [2.75, 3.05) is 19.6 Å². The van der Waals surface area contributed by atoms with E-state index in [9.17, 15) is 0 Å². The molecule has 2 aliphatic rings. The fraction of sp³-hybridized carbons (Fsp3) is 0.812. The second-order valence-corrected chi connectivity index (χ2v) is 6.65.